The van der Waals surface area contributed by atoms with Crippen LogP contribution in [-0.2, 0) is 11.3 Å². The summed E-state index contributed by atoms with van der Waals surface area (Å²) in [5.74, 6) is -0.893. The van der Waals surface area contributed by atoms with Crippen LogP contribution in [0.5, 0.6) is 0 Å². The Balaban J connectivity index is 1.87. The minimum Gasteiger partial charge on any atom is -0.338 e. The largest absolute Gasteiger partial charge is 0.338 e. The zero-order valence-corrected chi connectivity index (χ0v) is 13.7. The summed E-state index contributed by atoms with van der Waals surface area (Å²) < 4.78 is 14.8. The second kappa shape index (κ2) is 6.63. The highest BCUT2D eigenvalue weighted by atomic mass is 35.5. The Hall–Kier alpha value is -2.37. The summed E-state index contributed by atoms with van der Waals surface area (Å²) in [5.41, 5.74) is 0.813. The van der Waals surface area contributed by atoms with Gasteiger partial charge < -0.3 is 9.88 Å². The maximum absolute atomic E-state index is 13.1. The van der Waals surface area contributed by atoms with E-state index in [0.29, 0.717) is 21.6 Å². The number of nitrogens with zero attached hydrogens (tertiary/aromatic N) is 1. The van der Waals surface area contributed by atoms with Gasteiger partial charge in [-0.1, -0.05) is 23.2 Å². The van der Waals surface area contributed by atoms with Crippen LogP contribution in [0.1, 0.15) is 0 Å². The summed E-state index contributed by atoms with van der Waals surface area (Å²) in [5, 5.41) is 3.44. The summed E-state index contributed by atoms with van der Waals surface area (Å²) in [6.07, 6.45) is 1.54. The van der Waals surface area contributed by atoms with Crippen LogP contribution in [0.4, 0.5) is 10.1 Å². The Labute approximate surface area is 146 Å². The van der Waals surface area contributed by atoms with E-state index < -0.39 is 5.82 Å². The highest BCUT2D eigenvalue weighted by Crippen LogP contribution is 2.20. The summed E-state index contributed by atoms with van der Waals surface area (Å²) in [7, 11) is 0. The average molecular weight is 365 g/mol. The normalized spacial score (nSPS) is 10.8. The molecule has 0 aliphatic rings. The number of nitrogens with one attached hydrogen (secondary N) is 1. The molecule has 122 valence electrons. The number of hydrogen-bond acceptors (Lipinski definition) is 2. The third-order valence-electron chi connectivity index (χ3n) is 3.46. The molecule has 0 radical (unpaired) electrons. The first-order valence-electron chi connectivity index (χ1n) is 6.97. The lowest BCUT2D eigenvalue weighted by molar-refractivity contribution is -0.116. The highest BCUT2D eigenvalue weighted by molar-refractivity contribution is 6.31. The number of carbonyl (C=O) groups is 1. The fourth-order valence-electron chi connectivity index (χ4n) is 2.35. The van der Waals surface area contributed by atoms with Crippen LogP contribution < -0.4 is 10.7 Å². The molecule has 0 spiro atoms. The summed E-state index contributed by atoms with van der Waals surface area (Å²) in [6.45, 7) is -0.0204. The van der Waals surface area contributed by atoms with Crippen molar-refractivity contribution in [3.63, 3.8) is 0 Å². The fourth-order valence-corrected chi connectivity index (χ4v) is 2.70. The second-order valence-corrected chi connectivity index (χ2v) is 5.99. The van der Waals surface area contributed by atoms with Crippen molar-refractivity contribution in [2.24, 2.45) is 0 Å². The van der Waals surface area contributed by atoms with Gasteiger partial charge in [0.2, 0.25) is 5.91 Å². The number of fused-ring (bicyclic) bond motifs is 1. The summed E-state index contributed by atoms with van der Waals surface area (Å²) in [4.78, 5) is 24.1. The summed E-state index contributed by atoms with van der Waals surface area (Å²) in [6, 6.07) is 10.2. The molecule has 0 saturated carbocycles. The van der Waals surface area contributed by atoms with Gasteiger partial charge in [-0.15, -0.1) is 0 Å². The standard InChI is InChI=1S/C17H11Cl2FN2O2/c18-10-1-4-15-12(7-10)16(23)5-6-22(15)9-17(24)21-11-2-3-14(20)13(19)8-11/h1-8H,9H2,(H,21,24). The summed E-state index contributed by atoms with van der Waals surface area (Å²) >= 11 is 11.6. The zero-order chi connectivity index (χ0) is 17.3. The number of aromatic nitrogens is 1. The SMILES string of the molecule is O=C(Cn1ccc(=O)c2cc(Cl)ccc21)Nc1ccc(F)c(Cl)c1. The van der Waals surface area contributed by atoms with Crippen molar-refractivity contribution in [3.8, 4) is 0 Å². The second-order valence-electron chi connectivity index (χ2n) is 5.15. The van der Waals surface area contributed by atoms with E-state index in [1.807, 2.05) is 0 Å². The van der Waals surface area contributed by atoms with Crippen molar-refractivity contribution in [1.82, 2.24) is 4.57 Å². The first-order chi connectivity index (χ1) is 11.4. The number of benzene rings is 2. The van der Waals surface area contributed by atoms with E-state index in [4.69, 9.17) is 23.2 Å². The molecule has 3 rings (SSSR count). The number of carbonyl (C=O) groups excluding carboxylic acids is 1. The number of halogens is 3. The van der Waals surface area contributed by atoms with Gasteiger partial charge in [0.15, 0.2) is 5.43 Å². The van der Waals surface area contributed by atoms with Crippen LogP contribution in [0.15, 0.2) is 53.5 Å². The molecule has 1 amide bonds. The molecule has 0 aliphatic heterocycles. The third kappa shape index (κ3) is 3.42. The van der Waals surface area contributed by atoms with Crippen LogP contribution in [0.25, 0.3) is 10.9 Å². The first kappa shape index (κ1) is 16.5. The van der Waals surface area contributed by atoms with E-state index in [-0.39, 0.29) is 22.9 Å². The molecular formula is C17H11Cl2FN2O2. The average Bonchev–Trinajstić information content (AvgIpc) is 2.54. The van der Waals surface area contributed by atoms with Crippen LogP contribution in [-0.4, -0.2) is 10.5 Å². The maximum atomic E-state index is 13.1. The quantitative estimate of drug-likeness (QED) is 0.760. The number of hydrogen-bond donors (Lipinski definition) is 1. The Kier molecular flexibility index (Phi) is 4.55. The van der Waals surface area contributed by atoms with Crippen LogP contribution in [0.2, 0.25) is 10.0 Å². The Morgan fingerprint density at radius 2 is 1.92 bits per heavy atom. The van der Waals surface area contributed by atoms with Gasteiger partial charge in [0.05, 0.1) is 10.5 Å². The van der Waals surface area contributed by atoms with Gasteiger partial charge in [-0.2, -0.15) is 0 Å². The molecule has 7 heteroatoms. The number of amides is 1. The Morgan fingerprint density at radius 3 is 2.67 bits per heavy atom. The van der Waals surface area contributed by atoms with Gasteiger partial charge in [0, 0.05) is 28.4 Å². The number of rotatable bonds is 3. The third-order valence-corrected chi connectivity index (χ3v) is 3.98. The molecule has 0 saturated heterocycles. The molecule has 3 aromatic rings. The lowest BCUT2D eigenvalue weighted by Crippen LogP contribution is -2.20. The molecule has 1 aromatic heterocycles. The van der Waals surface area contributed by atoms with Crippen molar-refractivity contribution < 1.29 is 9.18 Å². The predicted molar refractivity (Wildman–Crippen MR) is 93.3 cm³/mol. The monoisotopic (exact) mass is 364 g/mol. The van der Waals surface area contributed by atoms with Crippen molar-refractivity contribution in [1.29, 1.82) is 0 Å². The van der Waals surface area contributed by atoms with Gasteiger partial charge in [0.1, 0.15) is 12.4 Å². The molecule has 0 bridgehead atoms. The Morgan fingerprint density at radius 1 is 1.12 bits per heavy atom. The first-order valence-corrected chi connectivity index (χ1v) is 7.73. The molecule has 2 aromatic carbocycles. The lowest BCUT2D eigenvalue weighted by Gasteiger charge is -2.11. The zero-order valence-electron chi connectivity index (χ0n) is 12.2. The molecule has 0 aliphatic carbocycles. The lowest BCUT2D eigenvalue weighted by atomic mass is 10.2. The molecule has 0 fully saturated rings. The van der Waals surface area contributed by atoms with Gasteiger partial charge in [0.25, 0.3) is 0 Å². The smallest absolute Gasteiger partial charge is 0.244 e. The van der Waals surface area contributed by atoms with E-state index in [0.717, 1.165) is 0 Å². The minimum atomic E-state index is -0.557. The minimum absolute atomic E-state index is 0.0204. The molecule has 1 heterocycles. The molecule has 0 unspecified atom stereocenters. The van der Waals surface area contributed by atoms with Crippen molar-refractivity contribution >= 4 is 45.7 Å². The highest BCUT2D eigenvalue weighted by Gasteiger charge is 2.09. The van der Waals surface area contributed by atoms with Gasteiger partial charge in [-0.05, 0) is 36.4 Å². The Bertz CT molecular complexity index is 1000. The topological polar surface area (TPSA) is 51.1 Å². The van der Waals surface area contributed by atoms with Crippen LogP contribution in [0.3, 0.4) is 0 Å². The molecule has 1 N–H and O–H groups in total. The van der Waals surface area contributed by atoms with Gasteiger partial charge >= 0.3 is 0 Å². The van der Waals surface area contributed by atoms with Crippen molar-refractivity contribution in [2.75, 3.05) is 5.32 Å². The van der Waals surface area contributed by atoms with Gasteiger partial charge in [-0.25, -0.2) is 4.39 Å². The van der Waals surface area contributed by atoms with Crippen molar-refractivity contribution in [3.05, 3.63) is 74.7 Å². The molecule has 4 nitrogen and oxygen atoms in total. The molecule has 0 atom stereocenters. The van der Waals surface area contributed by atoms with E-state index >= 15 is 0 Å². The van der Waals surface area contributed by atoms with E-state index in [1.165, 1.54) is 30.5 Å². The van der Waals surface area contributed by atoms with E-state index in [9.17, 15) is 14.0 Å². The van der Waals surface area contributed by atoms with Crippen LogP contribution >= 0.6 is 23.2 Å². The van der Waals surface area contributed by atoms with Gasteiger partial charge in [-0.3, -0.25) is 9.59 Å². The molecule has 24 heavy (non-hydrogen) atoms. The van der Waals surface area contributed by atoms with E-state index in [2.05, 4.69) is 5.32 Å². The number of anilines is 1. The predicted octanol–water partition coefficient (Wildman–Crippen LogP) is 4.09. The van der Waals surface area contributed by atoms with Crippen molar-refractivity contribution in [2.45, 2.75) is 6.54 Å². The maximum Gasteiger partial charge on any atom is 0.244 e. The number of pyridine rings is 1. The molecular weight excluding hydrogens is 354 g/mol. The van der Waals surface area contributed by atoms with E-state index in [1.54, 1.807) is 22.8 Å². The fraction of sp³-hybridized carbons (Fsp3) is 0.0588. The van der Waals surface area contributed by atoms with Crippen LogP contribution in [0, 0.1) is 5.82 Å².